The summed E-state index contributed by atoms with van der Waals surface area (Å²) in [6.45, 7) is 8.23. The normalized spacial score (nSPS) is 11.6. The van der Waals surface area contributed by atoms with Crippen molar-refractivity contribution in [1.29, 1.82) is 0 Å². The number of nitrogens with zero attached hydrogens (tertiary/aromatic N) is 4. The molecule has 0 aliphatic rings. The molecule has 1 aromatic rings. The van der Waals surface area contributed by atoms with Gasteiger partial charge in [0.25, 0.3) is 0 Å². The van der Waals surface area contributed by atoms with E-state index in [9.17, 15) is 18.0 Å². The number of hydrogen-bond acceptors (Lipinski definition) is 4. The SMILES string of the molecule is CCN(CC)c1ncc(N(C(=O)C(F)(F)F)C(C)C)cn1. The van der Waals surface area contributed by atoms with Crippen molar-refractivity contribution in [2.45, 2.75) is 39.9 Å². The minimum absolute atomic E-state index is 0.0308. The van der Waals surface area contributed by atoms with Gasteiger partial charge in [0.1, 0.15) is 0 Å². The molecule has 5 nitrogen and oxygen atoms in total. The molecule has 0 aliphatic carbocycles. The van der Waals surface area contributed by atoms with Crippen LogP contribution < -0.4 is 9.80 Å². The maximum absolute atomic E-state index is 12.6. The third-order valence-electron chi connectivity index (χ3n) is 2.93. The van der Waals surface area contributed by atoms with Crippen molar-refractivity contribution in [3.63, 3.8) is 0 Å². The zero-order valence-corrected chi connectivity index (χ0v) is 12.5. The van der Waals surface area contributed by atoms with Crippen LogP contribution in [0.5, 0.6) is 0 Å². The largest absolute Gasteiger partial charge is 0.471 e. The Morgan fingerprint density at radius 1 is 1.19 bits per heavy atom. The summed E-state index contributed by atoms with van der Waals surface area (Å²) >= 11 is 0. The quantitative estimate of drug-likeness (QED) is 0.839. The van der Waals surface area contributed by atoms with Crippen LogP contribution in [0.1, 0.15) is 27.7 Å². The van der Waals surface area contributed by atoms with Crippen LogP contribution in [0.2, 0.25) is 0 Å². The van der Waals surface area contributed by atoms with Gasteiger partial charge in [-0.1, -0.05) is 0 Å². The molecule has 1 rings (SSSR count). The number of hydrogen-bond donors (Lipinski definition) is 0. The Hall–Kier alpha value is -1.86. The topological polar surface area (TPSA) is 49.3 Å². The number of rotatable bonds is 5. The highest BCUT2D eigenvalue weighted by Crippen LogP contribution is 2.25. The van der Waals surface area contributed by atoms with Crippen LogP contribution in [-0.2, 0) is 4.79 Å². The lowest BCUT2D eigenvalue weighted by atomic mass is 10.3. The summed E-state index contributed by atoms with van der Waals surface area (Å²) in [4.78, 5) is 22.1. The third kappa shape index (κ3) is 4.05. The molecule has 1 heterocycles. The number of alkyl halides is 3. The van der Waals surface area contributed by atoms with Crippen LogP contribution in [0.15, 0.2) is 12.4 Å². The fraction of sp³-hybridized carbons (Fsp3) is 0.615. The molecule has 1 aromatic heterocycles. The highest BCUT2D eigenvalue weighted by Gasteiger charge is 2.44. The second kappa shape index (κ2) is 6.73. The van der Waals surface area contributed by atoms with E-state index in [0.29, 0.717) is 23.9 Å². The summed E-state index contributed by atoms with van der Waals surface area (Å²) in [6.07, 6.45) is -2.45. The molecule has 0 unspecified atom stereocenters. The van der Waals surface area contributed by atoms with E-state index in [0.717, 1.165) is 0 Å². The standard InChI is InChI=1S/C13H19F3N4O/c1-5-19(6-2)12-17-7-10(8-18-12)20(9(3)4)11(21)13(14,15)16/h7-9H,5-6H2,1-4H3. The van der Waals surface area contributed by atoms with Crippen LogP contribution in [0.3, 0.4) is 0 Å². The number of carbonyl (C=O) groups excluding carboxylic acids is 1. The van der Waals surface area contributed by atoms with Gasteiger partial charge in [0.2, 0.25) is 5.95 Å². The molecule has 0 saturated heterocycles. The van der Waals surface area contributed by atoms with Crippen LogP contribution in [0.25, 0.3) is 0 Å². The van der Waals surface area contributed by atoms with Crippen molar-refractivity contribution >= 4 is 17.5 Å². The lowest BCUT2D eigenvalue weighted by Gasteiger charge is -2.27. The second-order valence-corrected chi connectivity index (χ2v) is 4.68. The van der Waals surface area contributed by atoms with E-state index in [1.807, 2.05) is 18.7 Å². The Bertz CT molecular complexity index is 469. The van der Waals surface area contributed by atoms with E-state index in [2.05, 4.69) is 9.97 Å². The van der Waals surface area contributed by atoms with Crippen LogP contribution in [0.4, 0.5) is 24.8 Å². The van der Waals surface area contributed by atoms with Gasteiger partial charge >= 0.3 is 12.1 Å². The van der Waals surface area contributed by atoms with Gasteiger partial charge in [0.05, 0.1) is 18.1 Å². The summed E-state index contributed by atoms with van der Waals surface area (Å²) in [5, 5.41) is 0. The molecule has 0 saturated carbocycles. The first-order chi connectivity index (χ1) is 9.72. The monoisotopic (exact) mass is 304 g/mol. The molecule has 0 aliphatic heterocycles. The van der Waals surface area contributed by atoms with Gasteiger partial charge in [-0.3, -0.25) is 9.69 Å². The van der Waals surface area contributed by atoms with Gasteiger partial charge in [0.15, 0.2) is 0 Å². The van der Waals surface area contributed by atoms with Crippen molar-refractivity contribution in [2.24, 2.45) is 0 Å². The first-order valence-electron chi connectivity index (χ1n) is 6.69. The summed E-state index contributed by atoms with van der Waals surface area (Å²) in [5.41, 5.74) is 0.0308. The number of carbonyl (C=O) groups is 1. The Labute approximate surface area is 121 Å². The maximum Gasteiger partial charge on any atom is 0.471 e. The van der Waals surface area contributed by atoms with E-state index in [4.69, 9.17) is 0 Å². The molecule has 0 N–H and O–H groups in total. The van der Waals surface area contributed by atoms with Crippen molar-refractivity contribution in [1.82, 2.24) is 9.97 Å². The third-order valence-corrected chi connectivity index (χ3v) is 2.93. The smallest absolute Gasteiger partial charge is 0.341 e. The number of aromatic nitrogens is 2. The van der Waals surface area contributed by atoms with Crippen molar-refractivity contribution in [3.8, 4) is 0 Å². The summed E-state index contributed by atoms with van der Waals surface area (Å²) in [7, 11) is 0. The number of amides is 1. The first-order valence-corrected chi connectivity index (χ1v) is 6.69. The van der Waals surface area contributed by atoms with Gasteiger partial charge in [-0.25, -0.2) is 9.97 Å². The fourth-order valence-electron chi connectivity index (χ4n) is 1.90. The molecule has 118 valence electrons. The average molecular weight is 304 g/mol. The second-order valence-electron chi connectivity index (χ2n) is 4.68. The van der Waals surface area contributed by atoms with Gasteiger partial charge in [-0.15, -0.1) is 0 Å². The lowest BCUT2D eigenvalue weighted by Crippen LogP contribution is -2.45. The molecule has 0 bridgehead atoms. The minimum atomic E-state index is -4.93. The Kier molecular flexibility index (Phi) is 5.51. The van der Waals surface area contributed by atoms with Gasteiger partial charge < -0.3 is 4.90 Å². The van der Waals surface area contributed by atoms with E-state index >= 15 is 0 Å². The highest BCUT2D eigenvalue weighted by molar-refractivity contribution is 5.97. The van der Waals surface area contributed by atoms with E-state index in [-0.39, 0.29) is 5.69 Å². The van der Waals surface area contributed by atoms with E-state index in [1.165, 1.54) is 26.2 Å². The molecule has 1 amide bonds. The zero-order valence-electron chi connectivity index (χ0n) is 12.5. The number of anilines is 2. The van der Waals surface area contributed by atoms with Gasteiger partial charge in [-0.2, -0.15) is 13.2 Å². The molecule has 0 atom stereocenters. The minimum Gasteiger partial charge on any atom is -0.341 e. The Balaban J connectivity index is 3.09. The Morgan fingerprint density at radius 3 is 2.00 bits per heavy atom. The van der Waals surface area contributed by atoms with E-state index < -0.39 is 18.1 Å². The molecule has 21 heavy (non-hydrogen) atoms. The first kappa shape index (κ1) is 17.2. The molecule has 0 spiro atoms. The summed E-state index contributed by atoms with van der Waals surface area (Å²) in [6, 6.07) is -0.651. The molecule has 0 aromatic carbocycles. The van der Waals surface area contributed by atoms with Crippen LogP contribution >= 0.6 is 0 Å². The highest BCUT2D eigenvalue weighted by atomic mass is 19.4. The zero-order chi connectivity index (χ0) is 16.2. The lowest BCUT2D eigenvalue weighted by molar-refractivity contribution is -0.170. The van der Waals surface area contributed by atoms with Gasteiger partial charge in [-0.05, 0) is 27.7 Å². The van der Waals surface area contributed by atoms with Crippen LogP contribution in [-0.4, -0.2) is 41.2 Å². The molecular weight excluding hydrogens is 285 g/mol. The number of halogens is 3. The van der Waals surface area contributed by atoms with Gasteiger partial charge in [0, 0.05) is 19.1 Å². The van der Waals surface area contributed by atoms with Crippen LogP contribution in [0, 0.1) is 0 Å². The fourth-order valence-corrected chi connectivity index (χ4v) is 1.90. The maximum atomic E-state index is 12.6. The molecule has 8 heteroatoms. The Morgan fingerprint density at radius 2 is 1.67 bits per heavy atom. The predicted molar refractivity (Wildman–Crippen MR) is 74.3 cm³/mol. The summed E-state index contributed by atoms with van der Waals surface area (Å²) in [5.74, 6) is -1.50. The van der Waals surface area contributed by atoms with E-state index in [1.54, 1.807) is 0 Å². The van der Waals surface area contributed by atoms with Crippen molar-refractivity contribution < 1.29 is 18.0 Å². The molecule has 0 fully saturated rings. The molecular formula is C13H19F3N4O. The molecule has 0 radical (unpaired) electrons. The van der Waals surface area contributed by atoms with Crippen molar-refractivity contribution in [3.05, 3.63) is 12.4 Å². The van der Waals surface area contributed by atoms with Crippen molar-refractivity contribution in [2.75, 3.05) is 22.9 Å². The summed E-state index contributed by atoms with van der Waals surface area (Å²) < 4.78 is 37.9. The predicted octanol–water partition coefficient (Wildman–Crippen LogP) is 2.63. The average Bonchev–Trinajstić information content (AvgIpc) is 2.40.